The van der Waals surface area contributed by atoms with E-state index in [1.54, 1.807) is 0 Å². The molecular formula is C63H40N4. The van der Waals surface area contributed by atoms with Crippen molar-refractivity contribution < 1.29 is 0 Å². The Kier molecular flexibility index (Phi) is 9.14. The van der Waals surface area contributed by atoms with Gasteiger partial charge in [-0.15, -0.1) is 0 Å². The van der Waals surface area contributed by atoms with Gasteiger partial charge in [0.25, 0.3) is 0 Å². The molecule has 0 unspecified atom stereocenters. The molecule has 0 fully saturated rings. The Balaban J connectivity index is 1.18. The van der Waals surface area contributed by atoms with Crippen LogP contribution in [0, 0.1) is 0 Å². The maximum Gasteiger partial charge on any atom is 0.164 e. The average molecular weight is 853 g/mol. The third-order valence-corrected chi connectivity index (χ3v) is 13.2. The molecule has 2 aromatic heterocycles. The Labute approximate surface area is 387 Å². The van der Waals surface area contributed by atoms with Crippen LogP contribution in [0.4, 0.5) is 0 Å². The van der Waals surface area contributed by atoms with Crippen LogP contribution in [0.15, 0.2) is 243 Å². The van der Waals surface area contributed by atoms with Gasteiger partial charge in [-0.2, -0.15) is 0 Å². The van der Waals surface area contributed by atoms with Crippen LogP contribution >= 0.6 is 0 Å². The predicted molar refractivity (Wildman–Crippen MR) is 279 cm³/mol. The fourth-order valence-electron chi connectivity index (χ4n) is 9.95. The Morgan fingerprint density at radius 1 is 0.239 bits per heavy atom. The van der Waals surface area contributed by atoms with Crippen LogP contribution in [0.3, 0.4) is 0 Å². The molecule has 0 aliphatic rings. The van der Waals surface area contributed by atoms with Crippen molar-refractivity contribution in [1.29, 1.82) is 0 Å². The van der Waals surface area contributed by atoms with Gasteiger partial charge in [0.05, 0.1) is 16.7 Å². The van der Waals surface area contributed by atoms with Crippen molar-refractivity contribution >= 4 is 54.1 Å². The van der Waals surface area contributed by atoms with E-state index >= 15 is 0 Å². The van der Waals surface area contributed by atoms with Gasteiger partial charge in [-0.05, 0) is 97.0 Å². The molecule has 0 amide bonds. The summed E-state index contributed by atoms with van der Waals surface area (Å²) in [5, 5.41) is 9.43. The standard InChI is InChI=1S/C63H40N4/c1-4-18-41(19-5-1)45-30-16-31-50(34-45)55-38-51(62-64-61(44-23-8-3-9-24-44)65-63(66-62)53-33-17-29-42-22-14-15-32-52(42)53)37-54(43-20-6-2-7-21-43)60(55)67-58-39-48-27-12-10-25-46(48)35-56(58)57-36-47-26-11-13-28-49(47)40-59(57)67/h1-40H. The Hall–Kier alpha value is -8.99. The second kappa shape index (κ2) is 15.9. The summed E-state index contributed by atoms with van der Waals surface area (Å²) in [4.78, 5) is 16.0. The zero-order chi connectivity index (χ0) is 44.3. The molecule has 312 valence electrons. The summed E-state index contributed by atoms with van der Waals surface area (Å²) in [5.74, 6) is 1.84. The minimum atomic E-state index is 0.597. The van der Waals surface area contributed by atoms with Crippen molar-refractivity contribution in [1.82, 2.24) is 19.5 Å². The van der Waals surface area contributed by atoms with E-state index in [1.807, 2.05) is 18.2 Å². The number of hydrogen-bond donors (Lipinski definition) is 0. The molecular weight excluding hydrogens is 813 g/mol. The number of aromatic nitrogens is 4. The van der Waals surface area contributed by atoms with Crippen molar-refractivity contribution in [3.8, 4) is 73.2 Å². The first-order valence-corrected chi connectivity index (χ1v) is 22.8. The number of benzene rings is 11. The van der Waals surface area contributed by atoms with Crippen LogP contribution in [0.25, 0.3) is 127 Å². The molecule has 67 heavy (non-hydrogen) atoms. The summed E-state index contributed by atoms with van der Waals surface area (Å²) in [6.07, 6.45) is 0. The minimum absolute atomic E-state index is 0.597. The molecule has 0 bridgehead atoms. The SMILES string of the molecule is c1ccc(-c2cccc(-c3cc(-c4nc(-c5ccccc5)nc(-c5cccc6ccccc56)n4)cc(-c4ccccc4)c3-n3c4cc5ccccc5cc4c4cc5ccccc5cc43)c2)cc1. The second-order valence-electron chi connectivity index (χ2n) is 17.2. The highest BCUT2D eigenvalue weighted by Gasteiger charge is 2.24. The molecule has 4 heteroatoms. The smallest absolute Gasteiger partial charge is 0.164 e. The summed E-state index contributed by atoms with van der Waals surface area (Å²) in [6.45, 7) is 0. The number of rotatable bonds is 7. The highest BCUT2D eigenvalue weighted by Crippen LogP contribution is 2.46. The molecule has 0 aliphatic carbocycles. The summed E-state index contributed by atoms with van der Waals surface area (Å²) in [6, 6.07) is 86.9. The molecule has 0 aliphatic heterocycles. The van der Waals surface area contributed by atoms with E-state index in [0.29, 0.717) is 17.5 Å². The predicted octanol–water partition coefficient (Wildman–Crippen LogP) is 16.4. The van der Waals surface area contributed by atoms with Crippen molar-refractivity contribution in [2.45, 2.75) is 0 Å². The fraction of sp³-hybridized carbons (Fsp3) is 0. The lowest BCUT2D eigenvalue weighted by molar-refractivity contribution is 1.08. The zero-order valence-corrected chi connectivity index (χ0v) is 36.4. The molecule has 0 spiro atoms. The van der Waals surface area contributed by atoms with Gasteiger partial charge in [0, 0.05) is 38.6 Å². The highest BCUT2D eigenvalue weighted by molar-refractivity contribution is 6.17. The van der Waals surface area contributed by atoms with E-state index in [9.17, 15) is 0 Å². The number of hydrogen-bond acceptors (Lipinski definition) is 3. The fourth-order valence-corrected chi connectivity index (χ4v) is 9.95. The van der Waals surface area contributed by atoms with Crippen LogP contribution in [-0.4, -0.2) is 19.5 Å². The quantitative estimate of drug-likeness (QED) is 0.160. The van der Waals surface area contributed by atoms with Gasteiger partial charge in [0.2, 0.25) is 0 Å². The highest BCUT2D eigenvalue weighted by atomic mass is 15.0. The third-order valence-electron chi connectivity index (χ3n) is 13.2. The lowest BCUT2D eigenvalue weighted by Gasteiger charge is -2.21. The maximum atomic E-state index is 5.42. The summed E-state index contributed by atoms with van der Waals surface area (Å²) < 4.78 is 2.52. The van der Waals surface area contributed by atoms with Gasteiger partial charge in [0.1, 0.15) is 0 Å². The number of fused-ring (bicyclic) bond motifs is 6. The molecule has 13 aromatic rings. The molecule has 13 rings (SSSR count). The van der Waals surface area contributed by atoms with Crippen LogP contribution in [0.5, 0.6) is 0 Å². The van der Waals surface area contributed by atoms with Gasteiger partial charge in [-0.3, -0.25) is 0 Å². The number of nitrogens with zero attached hydrogens (tertiary/aromatic N) is 4. The molecule has 0 radical (unpaired) electrons. The van der Waals surface area contributed by atoms with E-state index in [0.717, 1.165) is 77.6 Å². The van der Waals surface area contributed by atoms with Crippen molar-refractivity contribution in [2.24, 2.45) is 0 Å². The topological polar surface area (TPSA) is 43.6 Å². The van der Waals surface area contributed by atoms with Crippen LogP contribution in [0.1, 0.15) is 0 Å². The average Bonchev–Trinajstić information content (AvgIpc) is 3.70. The van der Waals surface area contributed by atoms with Crippen LogP contribution in [-0.2, 0) is 0 Å². The Bertz CT molecular complexity index is 3930. The van der Waals surface area contributed by atoms with Gasteiger partial charge in [0.15, 0.2) is 17.5 Å². The zero-order valence-electron chi connectivity index (χ0n) is 36.4. The Morgan fingerprint density at radius 3 is 1.30 bits per heavy atom. The van der Waals surface area contributed by atoms with E-state index in [4.69, 9.17) is 15.0 Å². The maximum absolute atomic E-state index is 5.42. The van der Waals surface area contributed by atoms with Gasteiger partial charge in [-0.25, -0.2) is 15.0 Å². The van der Waals surface area contributed by atoms with E-state index in [1.165, 1.54) is 32.3 Å². The second-order valence-corrected chi connectivity index (χ2v) is 17.2. The Morgan fingerprint density at radius 2 is 0.672 bits per heavy atom. The van der Waals surface area contributed by atoms with E-state index in [2.05, 4.69) is 229 Å². The minimum Gasteiger partial charge on any atom is -0.308 e. The molecule has 2 heterocycles. The molecule has 11 aromatic carbocycles. The van der Waals surface area contributed by atoms with Gasteiger partial charge in [-0.1, -0.05) is 200 Å². The first-order valence-electron chi connectivity index (χ1n) is 22.8. The molecule has 0 saturated heterocycles. The van der Waals surface area contributed by atoms with Crippen molar-refractivity contribution in [2.75, 3.05) is 0 Å². The van der Waals surface area contributed by atoms with Crippen LogP contribution < -0.4 is 0 Å². The summed E-state index contributed by atoms with van der Waals surface area (Å²) in [5.41, 5.74) is 12.7. The molecule has 0 N–H and O–H groups in total. The molecule has 0 atom stereocenters. The van der Waals surface area contributed by atoms with Crippen molar-refractivity contribution in [3.63, 3.8) is 0 Å². The van der Waals surface area contributed by atoms with E-state index < -0.39 is 0 Å². The van der Waals surface area contributed by atoms with Gasteiger partial charge < -0.3 is 4.57 Å². The van der Waals surface area contributed by atoms with Crippen molar-refractivity contribution in [3.05, 3.63) is 243 Å². The first-order chi connectivity index (χ1) is 33.2. The lowest BCUT2D eigenvalue weighted by Crippen LogP contribution is -2.04. The monoisotopic (exact) mass is 852 g/mol. The molecule has 4 nitrogen and oxygen atoms in total. The summed E-state index contributed by atoms with van der Waals surface area (Å²) in [7, 11) is 0. The lowest BCUT2D eigenvalue weighted by atomic mass is 9.91. The largest absolute Gasteiger partial charge is 0.308 e. The normalized spacial score (nSPS) is 11.6. The van der Waals surface area contributed by atoms with E-state index in [-0.39, 0.29) is 0 Å². The third kappa shape index (κ3) is 6.74. The van der Waals surface area contributed by atoms with Gasteiger partial charge >= 0.3 is 0 Å². The van der Waals surface area contributed by atoms with Crippen LogP contribution in [0.2, 0.25) is 0 Å². The molecule has 0 saturated carbocycles. The summed E-state index contributed by atoms with van der Waals surface area (Å²) >= 11 is 0. The first kappa shape index (κ1) is 38.5.